The van der Waals surface area contributed by atoms with Gasteiger partial charge in [-0.05, 0) is 31.1 Å². The average molecular weight is 412 g/mol. The lowest BCUT2D eigenvalue weighted by Crippen LogP contribution is -2.98. The SMILES string of the molecule is CCOC(=O)[C@@]1(CCSC)[NH2+][C@@H](c2ccc(Cl)cc2)[C@H]2C(=O)N(C)C(=O)[C@@H]21. The quantitative estimate of drug-likeness (QED) is 0.562. The summed E-state index contributed by atoms with van der Waals surface area (Å²) in [6.45, 7) is 1.98. The van der Waals surface area contributed by atoms with Crippen molar-refractivity contribution in [1.82, 2.24) is 4.90 Å². The number of amides is 2. The zero-order chi connectivity index (χ0) is 19.8. The summed E-state index contributed by atoms with van der Waals surface area (Å²) in [5, 5.41) is 2.49. The molecule has 2 amide bonds. The number of rotatable bonds is 6. The smallest absolute Gasteiger partial charge is 0.368 e. The first kappa shape index (κ1) is 20.2. The molecular formula is C19H24ClN2O4S+. The van der Waals surface area contributed by atoms with Crippen LogP contribution in [0, 0.1) is 11.8 Å². The van der Waals surface area contributed by atoms with Gasteiger partial charge in [0, 0.05) is 24.1 Å². The fourth-order valence-corrected chi connectivity index (χ4v) is 5.00. The number of halogens is 1. The van der Waals surface area contributed by atoms with Crippen LogP contribution in [0.2, 0.25) is 5.02 Å². The maximum absolute atomic E-state index is 13.0. The number of hydrogen-bond donors (Lipinski definition) is 1. The molecule has 0 radical (unpaired) electrons. The van der Waals surface area contributed by atoms with Gasteiger partial charge in [-0.15, -0.1) is 0 Å². The molecule has 0 saturated carbocycles. The van der Waals surface area contributed by atoms with Crippen molar-refractivity contribution < 1.29 is 24.4 Å². The zero-order valence-corrected chi connectivity index (χ0v) is 17.2. The lowest BCUT2D eigenvalue weighted by atomic mass is 9.78. The van der Waals surface area contributed by atoms with E-state index in [9.17, 15) is 14.4 Å². The summed E-state index contributed by atoms with van der Waals surface area (Å²) in [4.78, 5) is 40.1. The van der Waals surface area contributed by atoms with Gasteiger partial charge < -0.3 is 10.1 Å². The molecule has 0 bridgehead atoms. The van der Waals surface area contributed by atoms with E-state index in [-0.39, 0.29) is 24.5 Å². The van der Waals surface area contributed by atoms with Gasteiger partial charge in [0.05, 0.1) is 6.61 Å². The molecule has 2 saturated heterocycles. The molecule has 2 fully saturated rings. The number of thioether (sulfide) groups is 1. The summed E-state index contributed by atoms with van der Waals surface area (Å²) in [7, 11) is 1.49. The highest BCUT2D eigenvalue weighted by Crippen LogP contribution is 2.45. The number of nitrogens with zero attached hydrogens (tertiary/aromatic N) is 1. The Morgan fingerprint density at radius 3 is 2.56 bits per heavy atom. The molecule has 2 aliphatic rings. The Kier molecular flexibility index (Phi) is 5.84. The standard InChI is InChI=1S/C19H23ClN2O4S/c1-4-26-18(25)19(9-10-27-3)14-13(16(23)22(2)17(14)24)15(21-19)11-5-7-12(20)8-6-11/h5-8,13-15,21H,4,9-10H2,1-3H3/p+1/t13-,14+,15-,19-/m0/s1. The first-order valence-corrected chi connectivity index (χ1v) is 10.7. The number of imide groups is 1. The minimum absolute atomic E-state index is 0.231. The number of nitrogens with two attached hydrogens (primary N) is 1. The zero-order valence-electron chi connectivity index (χ0n) is 15.6. The molecule has 8 heteroatoms. The predicted molar refractivity (Wildman–Crippen MR) is 103 cm³/mol. The van der Waals surface area contributed by atoms with Crippen molar-refractivity contribution in [3.63, 3.8) is 0 Å². The molecule has 2 N–H and O–H groups in total. The van der Waals surface area contributed by atoms with Crippen LogP contribution in [0.5, 0.6) is 0 Å². The second-order valence-corrected chi connectivity index (χ2v) is 8.41. The van der Waals surface area contributed by atoms with E-state index in [0.717, 1.165) is 10.5 Å². The van der Waals surface area contributed by atoms with E-state index in [1.54, 1.807) is 30.8 Å². The van der Waals surface area contributed by atoms with Gasteiger partial charge in [-0.25, -0.2) is 4.79 Å². The van der Waals surface area contributed by atoms with E-state index in [2.05, 4.69) is 0 Å². The van der Waals surface area contributed by atoms with Crippen LogP contribution in [-0.4, -0.2) is 53.9 Å². The maximum Gasteiger partial charge on any atom is 0.368 e. The van der Waals surface area contributed by atoms with E-state index < -0.39 is 23.3 Å². The second-order valence-electron chi connectivity index (χ2n) is 6.99. The van der Waals surface area contributed by atoms with Gasteiger partial charge in [0.1, 0.15) is 17.9 Å². The van der Waals surface area contributed by atoms with Crippen molar-refractivity contribution in [3.05, 3.63) is 34.9 Å². The fourth-order valence-electron chi connectivity index (χ4n) is 4.33. The van der Waals surface area contributed by atoms with Gasteiger partial charge in [-0.1, -0.05) is 23.7 Å². The molecule has 0 aliphatic carbocycles. The van der Waals surface area contributed by atoms with Crippen molar-refractivity contribution in [2.75, 3.05) is 25.7 Å². The van der Waals surface area contributed by atoms with Crippen LogP contribution in [-0.2, 0) is 19.1 Å². The number of hydrogen-bond acceptors (Lipinski definition) is 5. The number of carbonyl (C=O) groups excluding carboxylic acids is 3. The minimum atomic E-state index is -1.09. The van der Waals surface area contributed by atoms with Crippen LogP contribution in [0.25, 0.3) is 0 Å². The number of fused-ring (bicyclic) bond motifs is 1. The van der Waals surface area contributed by atoms with E-state index in [1.807, 2.05) is 23.7 Å². The Balaban J connectivity index is 2.10. The van der Waals surface area contributed by atoms with Crippen LogP contribution in [0.1, 0.15) is 24.9 Å². The van der Waals surface area contributed by atoms with Crippen LogP contribution < -0.4 is 5.32 Å². The van der Waals surface area contributed by atoms with Crippen LogP contribution in [0.4, 0.5) is 0 Å². The molecule has 6 nitrogen and oxygen atoms in total. The Morgan fingerprint density at radius 1 is 1.30 bits per heavy atom. The third-order valence-electron chi connectivity index (χ3n) is 5.62. The summed E-state index contributed by atoms with van der Waals surface area (Å²) in [5.41, 5.74) is -0.216. The van der Waals surface area contributed by atoms with Crippen LogP contribution in [0.3, 0.4) is 0 Å². The van der Waals surface area contributed by atoms with Crippen LogP contribution in [0.15, 0.2) is 24.3 Å². The lowest BCUT2D eigenvalue weighted by molar-refractivity contribution is -0.734. The molecule has 0 unspecified atom stereocenters. The molecule has 2 heterocycles. The number of benzene rings is 1. The summed E-state index contributed by atoms with van der Waals surface area (Å²) < 4.78 is 5.37. The molecule has 2 aliphatic heterocycles. The fraction of sp³-hybridized carbons (Fsp3) is 0.526. The highest BCUT2D eigenvalue weighted by atomic mass is 35.5. The van der Waals surface area contributed by atoms with Crippen molar-refractivity contribution in [1.29, 1.82) is 0 Å². The van der Waals surface area contributed by atoms with Crippen molar-refractivity contribution in [3.8, 4) is 0 Å². The second kappa shape index (κ2) is 7.81. The first-order valence-electron chi connectivity index (χ1n) is 8.96. The normalized spacial score (nSPS) is 29.9. The van der Waals surface area contributed by atoms with Crippen molar-refractivity contribution >= 4 is 41.1 Å². The lowest BCUT2D eigenvalue weighted by Gasteiger charge is -2.29. The molecular weight excluding hydrogens is 388 g/mol. The summed E-state index contributed by atoms with van der Waals surface area (Å²) in [6, 6.07) is 6.90. The molecule has 0 aromatic heterocycles. The summed E-state index contributed by atoms with van der Waals surface area (Å²) in [6.07, 6.45) is 2.42. The van der Waals surface area contributed by atoms with Gasteiger partial charge in [0.2, 0.25) is 17.4 Å². The Labute approximate surface area is 167 Å². The van der Waals surface area contributed by atoms with Crippen LogP contribution >= 0.6 is 23.4 Å². The minimum Gasteiger partial charge on any atom is -0.461 e. The van der Waals surface area contributed by atoms with Gasteiger partial charge in [-0.2, -0.15) is 11.8 Å². The Bertz CT molecular complexity index is 757. The largest absolute Gasteiger partial charge is 0.461 e. The third kappa shape index (κ3) is 3.26. The first-order chi connectivity index (χ1) is 12.9. The van der Waals surface area contributed by atoms with Gasteiger partial charge in [-0.3, -0.25) is 14.5 Å². The Hall–Kier alpha value is -1.57. The number of quaternary nitrogens is 1. The molecule has 4 atom stereocenters. The Morgan fingerprint density at radius 2 is 1.96 bits per heavy atom. The highest BCUT2D eigenvalue weighted by Gasteiger charge is 2.71. The van der Waals surface area contributed by atoms with Crippen molar-refractivity contribution in [2.24, 2.45) is 11.8 Å². The van der Waals surface area contributed by atoms with Gasteiger partial charge >= 0.3 is 5.97 Å². The molecule has 1 aromatic carbocycles. The van der Waals surface area contributed by atoms with E-state index in [1.165, 1.54) is 7.05 Å². The highest BCUT2D eigenvalue weighted by molar-refractivity contribution is 7.98. The van der Waals surface area contributed by atoms with Gasteiger partial charge in [0.15, 0.2) is 0 Å². The van der Waals surface area contributed by atoms with E-state index in [0.29, 0.717) is 17.2 Å². The number of carbonyl (C=O) groups is 3. The number of likely N-dealkylation sites (tertiary alicyclic amines) is 1. The average Bonchev–Trinajstić information content (AvgIpc) is 3.11. The number of esters is 1. The third-order valence-corrected chi connectivity index (χ3v) is 6.48. The predicted octanol–water partition coefficient (Wildman–Crippen LogP) is 1.24. The molecule has 146 valence electrons. The molecule has 0 spiro atoms. The molecule has 27 heavy (non-hydrogen) atoms. The van der Waals surface area contributed by atoms with Gasteiger partial charge in [0.25, 0.3) is 0 Å². The summed E-state index contributed by atoms with van der Waals surface area (Å²) in [5.74, 6) is -1.57. The molecule has 3 rings (SSSR count). The monoisotopic (exact) mass is 411 g/mol. The maximum atomic E-state index is 13.0. The summed E-state index contributed by atoms with van der Waals surface area (Å²) >= 11 is 7.61. The molecule has 1 aromatic rings. The topological polar surface area (TPSA) is 80.3 Å². The van der Waals surface area contributed by atoms with E-state index in [4.69, 9.17) is 16.3 Å². The van der Waals surface area contributed by atoms with Crippen molar-refractivity contribution in [2.45, 2.75) is 24.9 Å². The number of ether oxygens (including phenoxy) is 1. The van der Waals surface area contributed by atoms with E-state index >= 15 is 0 Å².